The van der Waals surface area contributed by atoms with Crippen LogP contribution in [0.4, 0.5) is 18.9 Å². The maximum atomic E-state index is 13.0. The Morgan fingerprint density at radius 1 is 1.16 bits per heavy atom. The minimum absolute atomic E-state index is 0.248. The summed E-state index contributed by atoms with van der Waals surface area (Å²) < 4.78 is 46.3. The summed E-state index contributed by atoms with van der Waals surface area (Å²) in [7, 11) is 1.60. The van der Waals surface area contributed by atoms with Crippen LogP contribution in [0.3, 0.4) is 0 Å². The summed E-state index contributed by atoms with van der Waals surface area (Å²) in [5, 5.41) is 9.25. The van der Waals surface area contributed by atoms with Gasteiger partial charge in [-0.2, -0.15) is 0 Å². The number of benzene rings is 2. The molecule has 0 aliphatic carbocycles. The Balaban J connectivity index is 1.39. The van der Waals surface area contributed by atoms with Gasteiger partial charge in [-0.15, -0.1) is 24.5 Å². The summed E-state index contributed by atoms with van der Waals surface area (Å²) in [6.45, 7) is 1.95. The lowest BCUT2D eigenvalue weighted by Crippen LogP contribution is -2.44. The summed E-state index contributed by atoms with van der Waals surface area (Å²) >= 11 is 6.85. The molecule has 0 atom stereocenters. The number of piperidine rings is 1. The van der Waals surface area contributed by atoms with Crippen molar-refractivity contribution in [3.8, 4) is 16.9 Å². The van der Waals surface area contributed by atoms with E-state index < -0.39 is 6.36 Å². The van der Waals surface area contributed by atoms with Crippen molar-refractivity contribution >= 4 is 40.3 Å². The van der Waals surface area contributed by atoms with Crippen LogP contribution in [0, 0.1) is 0 Å². The largest absolute Gasteiger partial charge is 0.573 e. The standard InChI is InChI=1S/C25H25F3N4O3S2/c1-34-15-29-24(36)32-12-10-17(11-13-32)23-31-21(14-37-23)22(33)30-20-5-3-2-4-19(20)16-6-8-18(9-7-16)35-25(26,27)28/h2-9,14,17H,10-13,15H2,1H3,(H,29,36)(H,30,33). The molecular formula is C25H25F3N4O3S2. The lowest BCUT2D eigenvalue weighted by Gasteiger charge is -2.33. The third-order valence-corrected chi connectivity index (χ3v) is 7.24. The number of rotatable bonds is 7. The molecule has 1 fully saturated rings. The molecule has 0 spiro atoms. The molecule has 1 saturated heterocycles. The number of thiazole rings is 1. The van der Waals surface area contributed by atoms with Crippen LogP contribution in [0.15, 0.2) is 53.9 Å². The van der Waals surface area contributed by atoms with Crippen LogP contribution in [0.2, 0.25) is 0 Å². The van der Waals surface area contributed by atoms with Gasteiger partial charge in [0, 0.05) is 42.7 Å². The summed E-state index contributed by atoms with van der Waals surface area (Å²) in [5.41, 5.74) is 2.14. The molecule has 0 saturated carbocycles. The average Bonchev–Trinajstić information content (AvgIpc) is 3.38. The fourth-order valence-electron chi connectivity index (χ4n) is 4.02. The number of halogens is 3. The molecule has 1 aromatic heterocycles. The highest BCUT2D eigenvalue weighted by atomic mass is 32.1. The highest BCUT2D eigenvalue weighted by Gasteiger charge is 2.31. The molecule has 0 unspecified atom stereocenters. The van der Waals surface area contributed by atoms with Crippen LogP contribution in [-0.4, -0.2) is 54.2 Å². The predicted molar refractivity (Wildman–Crippen MR) is 140 cm³/mol. The molecule has 1 amide bonds. The highest BCUT2D eigenvalue weighted by molar-refractivity contribution is 7.80. The maximum absolute atomic E-state index is 13.0. The number of methoxy groups -OCH3 is 1. The first-order valence-corrected chi connectivity index (χ1v) is 12.8. The second-order valence-corrected chi connectivity index (χ2v) is 9.60. The Hall–Kier alpha value is -3.22. The first-order valence-electron chi connectivity index (χ1n) is 11.5. The van der Waals surface area contributed by atoms with Crippen molar-refractivity contribution in [1.82, 2.24) is 15.2 Å². The van der Waals surface area contributed by atoms with Crippen molar-refractivity contribution in [3.63, 3.8) is 0 Å². The van der Waals surface area contributed by atoms with Gasteiger partial charge in [-0.05, 0) is 48.8 Å². The zero-order valence-corrected chi connectivity index (χ0v) is 21.5. The number of aromatic nitrogens is 1. The highest BCUT2D eigenvalue weighted by Crippen LogP contribution is 2.33. The van der Waals surface area contributed by atoms with Gasteiger partial charge in [-0.25, -0.2) is 4.98 Å². The first-order chi connectivity index (χ1) is 17.7. The van der Waals surface area contributed by atoms with Crippen molar-refractivity contribution in [2.24, 2.45) is 0 Å². The zero-order valence-electron chi connectivity index (χ0n) is 19.9. The van der Waals surface area contributed by atoms with Crippen molar-refractivity contribution in [2.75, 3.05) is 32.2 Å². The first kappa shape index (κ1) is 26.8. The zero-order chi connectivity index (χ0) is 26.4. The number of anilines is 1. The van der Waals surface area contributed by atoms with Gasteiger partial charge >= 0.3 is 6.36 Å². The van der Waals surface area contributed by atoms with Crippen LogP contribution < -0.4 is 15.4 Å². The second-order valence-electron chi connectivity index (χ2n) is 8.32. The molecule has 0 bridgehead atoms. The molecule has 2 aromatic carbocycles. The van der Waals surface area contributed by atoms with Crippen molar-refractivity contribution in [3.05, 3.63) is 64.6 Å². The van der Waals surface area contributed by atoms with Crippen molar-refractivity contribution in [1.29, 1.82) is 0 Å². The van der Waals surface area contributed by atoms with Crippen LogP contribution in [0.1, 0.15) is 34.3 Å². The number of likely N-dealkylation sites (tertiary alicyclic amines) is 1. The summed E-state index contributed by atoms with van der Waals surface area (Å²) in [6, 6.07) is 12.6. The van der Waals surface area contributed by atoms with Gasteiger partial charge in [-0.3, -0.25) is 4.79 Å². The SMILES string of the molecule is COCNC(=S)N1CCC(c2nc(C(=O)Nc3ccccc3-c3ccc(OC(F)(F)F)cc3)cs2)CC1. The normalized spacial score (nSPS) is 14.3. The predicted octanol–water partition coefficient (Wildman–Crippen LogP) is 5.62. The van der Waals surface area contributed by atoms with Crippen LogP contribution >= 0.6 is 23.6 Å². The maximum Gasteiger partial charge on any atom is 0.573 e. The molecule has 4 rings (SSSR count). The summed E-state index contributed by atoms with van der Waals surface area (Å²) in [6.07, 6.45) is -3.01. The van der Waals surface area contributed by atoms with Gasteiger partial charge in [-0.1, -0.05) is 30.3 Å². The monoisotopic (exact) mass is 550 g/mol. The molecule has 7 nitrogen and oxygen atoms in total. The fraction of sp³-hybridized carbons (Fsp3) is 0.320. The number of alkyl halides is 3. The second kappa shape index (κ2) is 11.9. The fourth-order valence-corrected chi connectivity index (χ4v) is 5.23. The van der Waals surface area contributed by atoms with E-state index in [1.54, 1.807) is 36.8 Å². The smallest absolute Gasteiger partial charge is 0.406 e. The van der Waals surface area contributed by atoms with Gasteiger partial charge < -0.3 is 25.0 Å². The van der Waals surface area contributed by atoms with E-state index in [0.717, 1.165) is 30.9 Å². The van der Waals surface area contributed by atoms with E-state index in [1.165, 1.54) is 35.6 Å². The van der Waals surface area contributed by atoms with Gasteiger partial charge in [0.2, 0.25) is 0 Å². The number of thiocarbonyl (C=S) groups is 1. The van der Waals surface area contributed by atoms with E-state index in [2.05, 4.69) is 25.3 Å². The number of hydrogen-bond acceptors (Lipinski definition) is 6. The molecule has 0 radical (unpaired) electrons. The van der Waals surface area contributed by atoms with Crippen LogP contribution in [0.5, 0.6) is 5.75 Å². The van der Waals surface area contributed by atoms with E-state index in [9.17, 15) is 18.0 Å². The average molecular weight is 551 g/mol. The third-order valence-electron chi connectivity index (χ3n) is 5.83. The molecule has 1 aliphatic heterocycles. The Kier molecular flexibility index (Phi) is 8.62. The molecular weight excluding hydrogens is 525 g/mol. The van der Waals surface area contributed by atoms with Gasteiger partial charge in [0.1, 0.15) is 18.2 Å². The number of hydrogen-bond donors (Lipinski definition) is 2. The Bertz CT molecular complexity index is 1230. The number of carbonyl (C=O) groups is 1. The van der Waals surface area contributed by atoms with Crippen molar-refractivity contribution in [2.45, 2.75) is 25.1 Å². The topological polar surface area (TPSA) is 75.7 Å². The minimum Gasteiger partial charge on any atom is -0.406 e. The summed E-state index contributed by atoms with van der Waals surface area (Å²) in [5.74, 6) is -0.418. The molecule has 2 heterocycles. The molecule has 12 heteroatoms. The van der Waals surface area contributed by atoms with E-state index in [4.69, 9.17) is 17.0 Å². The molecule has 196 valence electrons. The summed E-state index contributed by atoms with van der Waals surface area (Å²) in [4.78, 5) is 19.7. The van der Waals surface area contributed by atoms with Crippen LogP contribution in [0.25, 0.3) is 11.1 Å². The Morgan fingerprint density at radius 2 is 1.86 bits per heavy atom. The Labute approximate surface area is 221 Å². The van der Waals surface area contributed by atoms with Gasteiger partial charge in [0.15, 0.2) is 5.11 Å². The van der Waals surface area contributed by atoms with Gasteiger partial charge in [0.25, 0.3) is 5.91 Å². The molecule has 37 heavy (non-hydrogen) atoms. The number of ether oxygens (including phenoxy) is 2. The lowest BCUT2D eigenvalue weighted by molar-refractivity contribution is -0.274. The number of nitrogens with one attached hydrogen (secondary N) is 2. The van der Waals surface area contributed by atoms with Crippen LogP contribution in [-0.2, 0) is 4.74 Å². The third kappa shape index (κ3) is 7.18. The van der Waals surface area contributed by atoms with Gasteiger partial charge in [0.05, 0.1) is 5.01 Å². The molecule has 2 N–H and O–H groups in total. The Morgan fingerprint density at radius 3 is 2.54 bits per heavy atom. The number of amides is 1. The number of para-hydroxylation sites is 1. The van der Waals surface area contributed by atoms with E-state index >= 15 is 0 Å². The quantitative estimate of drug-likeness (QED) is 0.292. The van der Waals surface area contributed by atoms with E-state index in [1.807, 2.05) is 0 Å². The molecule has 3 aromatic rings. The molecule has 1 aliphatic rings. The number of carbonyl (C=O) groups excluding carboxylic acids is 1. The number of nitrogens with zero attached hydrogens (tertiary/aromatic N) is 2. The van der Waals surface area contributed by atoms with E-state index in [0.29, 0.717) is 34.4 Å². The lowest BCUT2D eigenvalue weighted by atomic mass is 9.98. The van der Waals surface area contributed by atoms with E-state index in [-0.39, 0.29) is 17.6 Å². The van der Waals surface area contributed by atoms with Crippen molar-refractivity contribution < 1.29 is 27.4 Å². The minimum atomic E-state index is -4.76.